The molecule has 10 nitrogen and oxygen atoms in total. The van der Waals surface area contributed by atoms with Gasteiger partial charge in [-0.2, -0.15) is 0 Å². The molecule has 0 aliphatic rings. The van der Waals surface area contributed by atoms with Crippen molar-refractivity contribution >= 4 is 29.0 Å². The van der Waals surface area contributed by atoms with Crippen LogP contribution in [0, 0.1) is 0 Å². The van der Waals surface area contributed by atoms with Crippen molar-refractivity contribution in [3.05, 3.63) is 72.2 Å². The van der Waals surface area contributed by atoms with E-state index >= 15 is 0 Å². The van der Waals surface area contributed by atoms with E-state index in [0.29, 0.717) is 16.9 Å². The van der Waals surface area contributed by atoms with Gasteiger partial charge in [0, 0.05) is 0 Å². The molecule has 29 heavy (non-hydrogen) atoms. The number of carboxylic acid groups (broad SMARTS) is 1. The lowest BCUT2D eigenvalue weighted by Gasteiger charge is -2.07. The first kappa shape index (κ1) is 18.2. The highest BCUT2D eigenvalue weighted by Crippen LogP contribution is 2.19. The number of carboxylic acids is 1. The molecule has 0 fully saturated rings. The number of nitrogens with one attached hydrogen (secondary N) is 1. The van der Waals surface area contributed by atoms with Gasteiger partial charge in [0.05, 0.1) is 12.9 Å². The second-order valence-electron chi connectivity index (χ2n) is 6.02. The van der Waals surface area contributed by atoms with E-state index in [2.05, 4.69) is 20.3 Å². The Labute approximate surface area is 163 Å². The first-order valence-electron chi connectivity index (χ1n) is 8.55. The molecule has 2 N–H and O–H groups in total. The summed E-state index contributed by atoms with van der Waals surface area (Å²) in [7, 11) is 0. The van der Waals surface area contributed by atoms with Gasteiger partial charge in [-0.1, -0.05) is 30.3 Å². The van der Waals surface area contributed by atoms with Crippen LogP contribution in [0.5, 0.6) is 0 Å². The Morgan fingerprint density at radius 3 is 2.69 bits per heavy atom. The number of benzene rings is 1. The first-order chi connectivity index (χ1) is 14.1. The van der Waals surface area contributed by atoms with Crippen molar-refractivity contribution in [3.8, 4) is 0 Å². The van der Waals surface area contributed by atoms with Crippen LogP contribution in [0.2, 0.25) is 0 Å². The number of anilines is 1. The SMILES string of the molecule is O=C(Nc1ncnc2c1ncn2Cc1ccc(C(=O)O)o1)OCc1ccccc1. The number of nitrogens with zero attached hydrogens (tertiary/aromatic N) is 4. The summed E-state index contributed by atoms with van der Waals surface area (Å²) in [5.74, 6) is -0.660. The number of imidazole rings is 1. The Morgan fingerprint density at radius 1 is 1.10 bits per heavy atom. The average Bonchev–Trinajstić information content (AvgIpc) is 3.36. The minimum atomic E-state index is -1.14. The topological polar surface area (TPSA) is 132 Å². The van der Waals surface area contributed by atoms with Gasteiger partial charge in [0.2, 0.25) is 5.76 Å². The molecule has 146 valence electrons. The van der Waals surface area contributed by atoms with Crippen molar-refractivity contribution in [1.82, 2.24) is 19.5 Å². The molecule has 1 amide bonds. The summed E-state index contributed by atoms with van der Waals surface area (Å²) in [5, 5.41) is 11.5. The van der Waals surface area contributed by atoms with Crippen LogP contribution in [0.3, 0.4) is 0 Å². The molecular formula is C19H15N5O5. The molecule has 10 heteroatoms. The molecular weight excluding hydrogens is 378 g/mol. The van der Waals surface area contributed by atoms with Crippen molar-refractivity contribution in [2.45, 2.75) is 13.2 Å². The Morgan fingerprint density at radius 2 is 1.93 bits per heavy atom. The lowest BCUT2D eigenvalue weighted by atomic mass is 10.2. The van der Waals surface area contributed by atoms with Gasteiger partial charge in [0.25, 0.3) is 0 Å². The van der Waals surface area contributed by atoms with Gasteiger partial charge in [0.15, 0.2) is 17.0 Å². The van der Waals surface area contributed by atoms with Gasteiger partial charge < -0.3 is 18.8 Å². The van der Waals surface area contributed by atoms with Crippen LogP contribution in [0.1, 0.15) is 21.9 Å². The number of carbonyl (C=O) groups is 2. The van der Waals surface area contributed by atoms with Crippen LogP contribution < -0.4 is 5.32 Å². The van der Waals surface area contributed by atoms with Crippen molar-refractivity contribution in [1.29, 1.82) is 0 Å². The number of hydrogen-bond acceptors (Lipinski definition) is 7. The number of ether oxygens (including phenoxy) is 1. The summed E-state index contributed by atoms with van der Waals surface area (Å²) in [5.41, 5.74) is 1.68. The van der Waals surface area contributed by atoms with Crippen molar-refractivity contribution in [2.24, 2.45) is 0 Å². The molecule has 0 aliphatic heterocycles. The summed E-state index contributed by atoms with van der Waals surface area (Å²) in [4.78, 5) is 35.5. The number of fused-ring (bicyclic) bond motifs is 1. The lowest BCUT2D eigenvalue weighted by Crippen LogP contribution is -2.15. The van der Waals surface area contributed by atoms with Gasteiger partial charge >= 0.3 is 12.1 Å². The maximum atomic E-state index is 12.1. The molecule has 3 heterocycles. The highest BCUT2D eigenvalue weighted by molar-refractivity contribution is 5.93. The van der Waals surface area contributed by atoms with Crippen LogP contribution in [0.4, 0.5) is 10.6 Å². The van der Waals surface area contributed by atoms with E-state index < -0.39 is 12.1 Å². The fraction of sp³-hybridized carbons (Fsp3) is 0.105. The van der Waals surface area contributed by atoms with Crippen molar-refractivity contribution < 1.29 is 23.8 Å². The maximum Gasteiger partial charge on any atom is 0.413 e. The zero-order valence-electron chi connectivity index (χ0n) is 15.0. The average molecular weight is 393 g/mol. The fourth-order valence-corrected chi connectivity index (χ4v) is 2.69. The predicted octanol–water partition coefficient (Wildman–Crippen LogP) is 2.91. The smallest absolute Gasteiger partial charge is 0.413 e. The van der Waals surface area contributed by atoms with E-state index in [1.54, 1.807) is 10.6 Å². The fourth-order valence-electron chi connectivity index (χ4n) is 2.69. The second kappa shape index (κ2) is 7.80. The number of furan rings is 1. The van der Waals surface area contributed by atoms with Crippen LogP contribution >= 0.6 is 0 Å². The minimum absolute atomic E-state index is 0.125. The van der Waals surface area contributed by atoms with Crippen LogP contribution in [-0.4, -0.2) is 36.7 Å². The maximum absolute atomic E-state index is 12.1. The lowest BCUT2D eigenvalue weighted by molar-refractivity contribution is 0.0660. The Hall–Kier alpha value is -4.21. The van der Waals surface area contributed by atoms with E-state index in [1.165, 1.54) is 18.7 Å². The Bertz CT molecular complexity index is 1170. The Kier molecular flexibility index (Phi) is 4.89. The molecule has 0 spiro atoms. The number of amides is 1. The summed E-state index contributed by atoms with van der Waals surface area (Å²) in [6, 6.07) is 12.2. The number of rotatable bonds is 6. The monoisotopic (exact) mass is 393 g/mol. The van der Waals surface area contributed by atoms with E-state index in [4.69, 9.17) is 14.3 Å². The van der Waals surface area contributed by atoms with E-state index in [9.17, 15) is 9.59 Å². The van der Waals surface area contributed by atoms with Gasteiger partial charge in [-0.25, -0.2) is 24.5 Å². The molecule has 0 saturated carbocycles. The standard InChI is InChI=1S/C19H15N5O5/c25-18(26)14-7-6-13(29-14)8-24-11-22-15-16(20-10-21-17(15)24)23-19(27)28-9-12-4-2-1-3-5-12/h1-7,10-11H,8-9H2,(H,25,26)(H,20,21,23,27). The largest absolute Gasteiger partial charge is 0.475 e. The van der Waals surface area contributed by atoms with Gasteiger partial charge in [-0.15, -0.1) is 0 Å². The van der Waals surface area contributed by atoms with Crippen molar-refractivity contribution in [3.63, 3.8) is 0 Å². The molecule has 0 bridgehead atoms. The third kappa shape index (κ3) is 4.05. The molecule has 0 unspecified atom stereocenters. The van der Waals surface area contributed by atoms with Crippen molar-refractivity contribution in [2.75, 3.05) is 5.32 Å². The summed E-state index contributed by atoms with van der Waals surface area (Å²) in [6.07, 6.45) is 2.13. The molecule has 4 aromatic rings. The van der Waals surface area contributed by atoms with Crippen LogP contribution in [0.25, 0.3) is 11.2 Å². The zero-order valence-corrected chi connectivity index (χ0v) is 15.0. The molecule has 0 atom stereocenters. The molecule has 0 radical (unpaired) electrons. The highest BCUT2D eigenvalue weighted by Gasteiger charge is 2.15. The molecule has 1 aromatic carbocycles. The summed E-state index contributed by atoms with van der Waals surface area (Å²) >= 11 is 0. The quantitative estimate of drug-likeness (QED) is 0.511. The molecule has 0 aliphatic carbocycles. The normalized spacial score (nSPS) is 10.8. The minimum Gasteiger partial charge on any atom is -0.475 e. The molecule has 3 aromatic heterocycles. The van der Waals surface area contributed by atoms with Crippen LogP contribution in [-0.2, 0) is 17.9 Å². The van der Waals surface area contributed by atoms with Gasteiger partial charge in [-0.05, 0) is 17.7 Å². The number of hydrogen-bond donors (Lipinski definition) is 2. The number of aromatic nitrogens is 4. The first-order valence-corrected chi connectivity index (χ1v) is 8.55. The number of aromatic carboxylic acids is 1. The third-order valence-electron chi connectivity index (χ3n) is 4.03. The Balaban J connectivity index is 1.48. The third-order valence-corrected chi connectivity index (χ3v) is 4.03. The van der Waals surface area contributed by atoms with Gasteiger partial charge in [0.1, 0.15) is 18.7 Å². The summed E-state index contributed by atoms with van der Waals surface area (Å²) < 4.78 is 12.1. The predicted molar refractivity (Wildman–Crippen MR) is 100 cm³/mol. The van der Waals surface area contributed by atoms with E-state index in [0.717, 1.165) is 5.56 Å². The highest BCUT2D eigenvalue weighted by atomic mass is 16.5. The molecule has 4 rings (SSSR count). The van der Waals surface area contributed by atoms with Gasteiger partial charge in [-0.3, -0.25) is 5.32 Å². The number of carbonyl (C=O) groups excluding carboxylic acids is 1. The molecule has 0 saturated heterocycles. The zero-order chi connectivity index (χ0) is 20.2. The second-order valence-corrected chi connectivity index (χ2v) is 6.02. The van der Waals surface area contributed by atoms with E-state index in [1.807, 2.05) is 30.3 Å². The van der Waals surface area contributed by atoms with Crippen LogP contribution in [0.15, 0.2) is 59.5 Å². The van der Waals surface area contributed by atoms with E-state index in [-0.39, 0.29) is 24.7 Å². The summed E-state index contributed by atoms with van der Waals surface area (Å²) in [6.45, 7) is 0.346.